The molecule has 0 amide bonds. The maximum absolute atomic E-state index is 14.0. The van der Waals surface area contributed by atoms with E-state index in [9.17, 15) is 22.9 Å². The number of anilines is 1. The molecule has 1 aromatic rings. The van der Waals surface area contributed by atoms with Crippen molar-refractivity contribution in [1.29, 1.82) is 5.26 Å². The topological polar surface area (TPSA) is 142 Å². The SMILES string of the molecule is CN(CCC#N)S(=O)(=O)c1c(F)cc([N+](=O)[O-])cc1NN. The smallest absolute Gasteiger partial charge is 0.274 e. The largest absolute Gasteiger partial charge is 0.323 e. The standard InChI is InChI=1S/C10H12FN5O4S/c1-15(4-2-3-12)21(19,20)10-8(11)5-7(16(17)18)6-9(10)14-13/h5-6,14H,2,4,13H2,1H3. The molecule has 0 aliphatic carbocycles. The number of nitrogen functional groups attached to an aromatic ring is 1. The minimum atomic E-state index is -4.28. The van der Waals surface area contributed by atoms with Crippen LogP contribution in [-0.2, 0) is 10.0 Å². The first-order valence-electron chi connectivity index (χ1n) is 5.53. The van der Waals surface area contributed by atoms with Crippen LogP contribution in [0, 0.1) is 27.3 Å². The molecule has 0 radical (unpaired) electrons. The molecule has 0 saturated heterocycles. The Hall–Kier alpha value is -2.29. The van der Waals surface area contributed by atoms with Gasteiger partial charge in [-0.3, -0.25) is 16.0 Å². The van der Waals surface area contributed by atoms with Gasteiger partial charge >= 0.3 is 0 Å². The van der Waals surface area contributed by atoms with Gasteiger partial charge in [-0.05, 0) is 0 Å². The van der Waals surface area contributed by atoms with Gasteiger partial charge in [0.1, 0.15) is 4.90 Å². The Morgan fingerprint density at radius 3 is 2.67 bits per heavy atom. The molecule has 0 aliphatic heterocycles. The van der Waals surface area contributed by atoms with E-state index in [4.69, 9.17) is 11.1 Å². The second kappa shape index (κ2) is 6.44. The summed E-state index contributed by atoms with van der Waals surface area (Å²) in [4.78, 5) is 8.95. The van der Waals surface area contributed by atoms with E-state index in [1.165, 1.54) is 0 Å². The first-order chi connectivity index (χ1) is 9.75. The van der Waals surface area contributed by atoms with Crippen LogP contribution in [0.4, 0.5) is 15.8 Å². The third-order valence-corrected chi connectivity index (χ3v) is 4.54. The zero-order valence-corrected chi connectivity index (χ0v) is 11.7. The first kappa shape index (κ1) is 16.8. The van der Waals surface area contributed by atoms with Crippen molar-refractivity contribution in [3.05, 3.63) is 28.1 Å². The Kier molecular flexibility index (Phi) is 5.14. The highest BCUT2D eigenvalue weighted by molar-refractivity contribution is 7.89. The second-order valence-electron chi connectivity index (χ2n) is 3.94. The van der Waals surface area contributed by atoms with Gasteiger partial charge in [-0.25, -0.2) is 12.8 Å². The number of sulfonamides is 1. The molecular formula is C10H12FN5O4S. The van der Waals surface area contributed by atoms with Crippen molar-refractivity contribution in [1.82, 2.24) is 4.31 Å². The minimum Gasteiger partial charge on any atom is -0.323 e. The number of nitriles is 1. The quantitative estimate of drug-likeness (QED) is 0.443. The number of non-ortho nitro benzene ring substituents is 1. The van der Waals surface area contributed by atoms with Gasteiger partial charge in [-0.1, -0.05) is 0 Å². The normalized spacial score (nSPS) is 11.2. The molecule has 0 heterocycles. The van der Waals surface area contributed by atoms with Gasteiger partial charge < -0.3 is 5.43 Å². The van der Waals surface area contributed by atoms with E-state index >= 15 is 0 Å². The lowest BCUT2D eigenvalue weighted by atomic mass is 10.3. The minimum absolute atomic E-state index is 0.0876. The van der Waals surface area contributed by atoms with E-state index in [0.29, 0.717) is 6.07 Å². The van der Waals surface area contributed by atoms with Gasteiger partial charge in [0.25, 0.3) is 5.69 Å². The fraction of sp³-hybridized carbons (Fsp3) is 0.300. The third-order valence-electron chi connectivity index (χ3n) is 2.60. The molecule has 0 unspecified atom stereocenters. The predicted molar refractivity (Wildman–Crippen MR) is 70.9 cm³/mol. The van der Waals surface area contributed by atoms with Gasteiger partial charge in [0.05, 0.1) is 22.7 Å². The molecule has 0 spiro atoms. The predicted octanol–water partition coefficient (Wildman–Crippen LogP) is 0.554. The van der Waals surface area contributed by atoms with Crippen LogP contribution in [-0.4, -0.2) is 31.2 Å². The summed E-state index contributed by atoms with van der Waals surface area (Å²) in [7, 11) is -3.12. The molecule has 0 saturated carbocycles. The molecule has 0 atom stereocenters. The summed E-state index contributed by atoms with van der Waals surface area (Å²) in [6.45, 7) is -0.153. The number of nitrogens with two attached hydrogens (primary N) is 1. The lowest BCUT2D eigenvalue weighted by Gasteiger charge is -2.18. The number of nitrogens with one attached hydrogen (secondary N) is 1. The molecule has 0 fully saturated rings. The Balaban J connectivity index is 3.42. The second-order valence-corrected chi connectivity index (χ2v) is 5.92. The van der Waals surface area contributed by atoms with Crippen molar-refractivity contribution in [3.8, 4) is 6.07 Å². The Bertz CT molecular complexity index is 700. The molecule has 0 aliphatic rings. The Morgan fingerprint density at radius 1 is 1.57 bits per heavy atom. The number of benzene rings is 1. The number of nitrogens with zero attached hydrogens (tertiary/aromatic N) is 3. The molecule has 1 rings (SSSR count). The lowest BCUT2D eigenvalue weighted by Crippen LogP contribution is -2.30. The molecule has 9 nitrogen and oxygen atoms in total. The van der Waals surface area contributed by atoms with Crippen LogP contribution in [0.5, 0.6) is 0 Å². The molecule has 21 heavy (non-hydrogen) atoms. The van der Waals surface area contributed by atoms with Crippen molar-refractivity contribution >= 4 is 21.4 Å². The summed E-state index contributed by atoms with van der Waals surface area (Å²) in [6, 6.07) is 3.07. The summed E-state index contributed by atoms with van der Waals surface area (Å²) < 4.78 is 39.2. The van der Waals surface area contributed by atoms with Crippen molar-refractivity contribution in [2.24, 2.45) is 5.84 Å². The fourth-order valence-electron chi connectivity index (χ4n) is 1.54. The van der Waals surface area contributed by atoms with E-state index in [-0.39, 0.29) is 13.0 Å². The third kappa shape index (κ3) is 3.43. The lowest BCUT2D eigenvalue weighted by molar-refractivity contribution is -0.385. The van der Waals surface area contributed by atoms with E-state index in [0.717, 1.165) is 17.4 Å². The number of nitro groups is 1. The highest BCUT2D eigenvalue weighted by Crippen LogP contribution is 2.31. The van der Waals surface area contributed by atoms with Crippen LogP contribution in [0.1, 0.15) is 6.42 Å². The van der Waals surface area contributed by atoms with Crippen LogP contribution >= 0.6 is 0 Å². The number of rotatable bonds is 6. The van der Waals surface area contributed by atoms with Gasteiger partial charge in [-0.15, -0.1) is 0 Å². The Labute approximate surface area is 119 Å². The highest BCUT2D eigenvalue weighted by atomic mass is 32.2. The molecule has 0 bridgehead atoms. The van der Waals surface area contributed by atoms with Gasteiger partial charge in [0.15, 0.2) is 5.82 Å². The van der Waals surface area contributed by atoms with Crippen LogP contribution in [0.15, 0.2) is 17.0 Å². The Morgan fingerprint density at radius 2 is 2.19 bits per heavy atom. The van der Waals surface area contributed by atoms with Crippen LogP contribution in [0.2, 0.25) is 0 Å². The van der Waals surface area contributed by atoms with Crippen molar-refractivity contribution < 1.29 is 17.7 Å². The molecule has 11 heteroatoms. The number of nitro benzene ring substituents is 1. The number of hydrazine groups is 1. The molecule has 0 aromatic heterocycles. The maximum atomic E-state index is 14.0. The molecule has 3 N–H and O–H groups in total. The first-order valence-corrected chi connectivity index (χ1v) is 6.97. The average Bonchev–Trinajstić information content (AvgIpc) is 2.42. The van der Waals surface area contributed by atoms with Crippen LogP contribution < -0.4 is 11.3 Å². The van der Waals surface area contributed by atoms with Crippen molar-refractivity contribution in [3.63, 3.8) is 0 Å². The summed E-state index contributed by atoms with van der Waals surface area (Å²) in [5, 5.41) is 19.1. The number of hydrogen-bond acceptors (Lipinski definition) is 7. The molecular weight excluding hydrogens is 305 g/mol. The zero-order chi connectivity index (χ0) is 16.2. The van der Waals surface area contributed by atoms with Gasteiger partial charge in [-0.2, -0.15) is 9.57 Å². The summed E-state index contributed by atoms with van der Waals surface area (Å²) >= 11 is 0. The van der Waals surface area contributed by atoms with Gasteiger partial charge in [0.2, 0.25) is 10.0 Å². The summed E-state index contributed by atoms with van der Waals surface area (Å²) in [5.74, 6) is 3.81. The zero-order valence-electron chi connectivity index (χ0n) is 10.9. The fourth-order valence-corrected chi connectivity index (χ4v) is 2.88. The average molecular weight is 317 g/mol. The van der Waals surface area contributed by atoms with Gasteiger partial charge in [0, 0.05) is 26.1 Å². The van der Waals surface area contributed by atoms with Crippen molar-refractivity contribution in [2.45, 2.75) is 11.3 Å². The molecule has 1 aromatic carbocycles. The summed E-state index contributed by atoms with van der Waals surface area (Å²) in [6.07, 6.45) is -0.0876. The van der Waals surface area contributed by atoms with E-state index in [1.54, 1.807) is 6.07 Å². The number of halogens is 1. The maximum Gasteiger partial charge on any atom is 0.274 e. The summed E-state index contributed by atoms with van der Waals surface area (Å²) in [5.41, 5.74) is 0.854. The van der Waals surface area contributed by atoms with E-state index in [2.05, 4.69) is 0 Å². The number of hydrogen-bond donors (Lipinski definition) is 2. The van der Waals surface area contributed by atoms with Crippen LogP contribution in [0.3, 0.4) is 0 Å². The van der Waals surface area contributed by atoms with E-state index in [1.807, 2.05) is 5.43 Å². The van der Waals surface area contributed by atoms with Crippen LogP contribution in [0.25, 0.3) is 0 Å². The molecule has 114 valence electrons. The monoisotopic (exact) mass is 317 g/mol. The van der Waals surface area contributed by atoms with Crippen molar-refractivity contribution in [2.75, 3.05) is 19.0 Å². The van der Waals surface area contributed by atoms with E-state index < -0.39 is 37.0 Å². The highest BCUT2D eigenvalue weighted by Gasteiger charge is 2.30.